The number of phenolic OH excluding ortho intramolecular Hbond substituents is 1. The van der Waals surface area contributed by atoms with Crippen molar-refractivity contribution in [3.63, 3.8) is 0 Å². The third-order valence-corrected chi connectivity index (χ3v) is 1.61. The van der Waals surface area contributed by atoms with Crippen molar-refractivity contribution in [2.45, 2.75) is 0 Å². The molecule has 0 heterocycles. The molecule has 64 valence electrons. The van der Waals surface area contributed by atoms with Crippen LogP contribution in [0.15, 0.2) is 24.3 Å². The Morgan fingerprint density at radius 2 is 2.25 bits per heavy atom. The van der Waals surface area contributed by atoms with Gasteiger partial charge >= 0.3 is 0 Å². The summed E-state index contributed by atoms with van der Waals surface area (Å²) in [7, 11) is 0. The lowest BCUT2D eigenvalue weighted by Gasteiger charge is -1.97. The van der Waals surface area contributed by atoms with Crippen molar-refractivity contribution < 1.29 is 9.50 Å². The standard InChI is InChI=1S/C9H9FOS/c10-8-4-3-7(2-1-5-12)9(11)6-8/h1-4,6,11-12H,5H2. The summed E-state index contributed by atoms with van der Waals surface area (Å²) in [5.74, 6) is 0.111. The summed E-state index contributed by atoms with van der Waals surface area (Å²) < 4.78 is 12.5. The highest BCUT2D eigenvalue weighted by molar-refractivity contribution is 7.80. The Balaban J connectivity index is 2.94. The molecule has 1 rings (SSSR count). The highest BCUT2D eigenvalue weighted by atomic mass is 32.1. The van der Waals surface area contributed by atoms with Crippen LogP contribution in [0, 0.1) is 5.82 Å². The quantitative estimate of drug-likeness (QED) is 0.676. The Kier molecular flexibility index (Phi) is 3.17. The van der Waals surface area contributed by atoms with E-state index in [1.54, 1.807) is 12.2 Å². The van der Waals surface area contributed by atoms with Crippen molar-refractivity contribution in [1.29, 1.82) is 0 Å². The van der Waals surface area contributed by atoms with E-state index in [0.717, 1.165) is 6.07 Å². The number of aromatic hydroxyl groups is 1. The molecule has 0 unspecified atom stereocenters. The maximum atomic E-state index is 12.5. The smallest absolute Gasteiger partial charge is 0.126 e. The van der Waals surface area contributed by atoms with E-state index in [1.807, 2.05) is 0 Å². The third kappa shape index (κ3) is 2.27. The summed E-state index contributed by atoms with van der Waals surface area (Å²) in [6.07, 6.45) is 3.47. The minimum atomic E-state index is -0.435. The molecule has 0 radical (unpaired) electrons. The highest BCUT2D eigenvalue weighted by Crippen LogP contribution is 2.19. The lowest BCUT2D eigenvalue weighted by Crippen LogP contribution is -1.77. The number of hydrogen-bond acceptors (Lipinski definition) is 2. The zero-order valence-corrected chi connectivity index (χ0v) is 7.26. The summed E-state index contributed by atoms with van der Waals surface area (Å²) in [6.45, 7) is 0. The first-order valence-corrected chi connectivity index (χ1v) is 4.13. The summed E-state index contributed by atoms with van der Waals surface area (Å²) in [5, 5.41) is 9.20. The van der Waals surface area contributed by atoms with Gasteiger partial charge in [-0.2, -0.15) is 12.6 Å². The van der Waals surface area contributed by atoms with E-state index in [4.69, 9.17) is 0 Å². The van der Waals surface area contributed by atoms with Gasteiger partial charge < -0.3 is 5.11 Å². The van der Waals surface area contributed by atoms with Crippen LogP contribution in [0.3, 0.4) is 0 Å². The summed E-state index contributed by atoms with van der Waals surface area (Å²) in [6, 6.07) is 3.90. The van der Waals surface area contributed by atoms with Crippen molar-refractivity contribution in [1.82, 2.24) is 0 Å². The van der Waals surface area contributed by atoms with Gasteiger partial charge in [-0.25, -0.2) is 4.39 Å². The van der Waals surface area contributed by atoms with Crippen molar-refractivity contribution in [2.24, 2.45) is 0 Å². The first-order chi connectivity index (χ1) is 5.74. The van der Waals surface area contributed by atoms with Crippen LogP contribution in [0.2, 0.25) is 0 Å². The fourth-order valence-corrected chi connectivity index (χ4v) is 0.943. The van der Waals surface area contributed by atoms with Crippen molar-refractivity contribution >= 4 is 18.7 Å². The minimum Gasteiger partial charge on any atom is -0.507 e. The summed E-state index contributed by atoms with van der Waals surface area (Å²) >= 11 is 3.96. The molecule has 0 aliphatic carbocycles. The number of hydrogen-bond donors (Lipinski definition) is 2. The second-order valence-electron chi connectivity index (χ2n) is 2.29. The lowest BCUT2D eigenvalue weighted by molar-refractivity contribution is 0.468. The van der Waals surface area contributed by atoms with Gasteiger partial charge in [0.2, 0.25) is 0 Å². The largest absolute Gasteiger partial charge is 0.507 e. The van der Waals surface area contributed by atoms with Crippen molar-refractivity contribution in [3.8, 4) is 5.75 Å². The Morgan fingerprint density at radius 3 is 2.83 bits per heavy atom. The summed E-state index contributed by atoms with van der Waals surface area (Å²) in [5.41, 5.74) is 0.602. The fourth-order valence-electron chi connectivity index (χ4n) is 0.837. The SMILES string of the molecule is Oc1cc(F)ccc1C=CCS. The average molecular weight is 184 g/mol. The highest BCUT2D eigenvalue weighted by Gasteiger charge is 1.97. The van der Waals surface area contributed by atoms with E-state index < -0.39 is 5.82 Å². The Hall–Kier alpha value is -0.960. The van der Waals surface area contributed by atoms with E-state index >= 15 is 0 Å². The molecule has 1 aromatic rings. The van der Waals surface area contributed by atoms with E-state index in [-0.39, 0.29) is 5.75 Å². The predicted octanol–water partition coefficient (Wildman–Crippen LogP) is 2.47. The first kappa shape index (κ1) is 9.13. The second-order valence-corrected chi connectivity index (χ2v) is 2.65. The van der Waals surface area contributed by atoms with Gasteiger partial charge in [0.25, 0.3) is 0 Å². The van der Waals surface area contributed by atoms with Crippen LogP contribution in [0.25, 0.3) is 6.08 Å². The van der Waals surface area contributed by atoms with Gasteiger partial charge in [-0.15, -0.1) is 0 Å². The number of benzene rings is 1. The van der Waals surface area contributed by atoms with Crippen LogP contribution in [0.1, 0.15) is 5.56 Å². The van der Waals surface area contributed by atoms with Crippen molar-refractivity contribution in [2.75, 3.05) is 5.75 Å². The number of halogens is 1. The molecule has 0 atom stereocenters. The Labute approximate surface area is 76.0 Å². The first-order valence-electron chi connectivity index (χ1n) is 3.50. The molecule has 12 heavy (non-hydrogen) atoms. The zero-order valence-electron chi connectivity index (χ0n) is 6.37. The van der Waals surface area contributed by atoms with Crippen LogP contribution < -0.4 is 0 Å². The van der Waals surface area contributed by atoms with Gasteiger partial charge in [0.15, 0.2) is 0 Å². The molecule has 0 saturated carbocycles. The predicted molar refractivity (Wildman–Crippen MR) is 51.0 cm³/mol. The fraction of sp³-hybridized carbons (Fsp3) is 0.111. The number of thiol groups is 1. The molecule has 0 aliphatic heterocycles. The molecule has 0 aromatic heterocycles. The molecule has 1 nitrogen and oxygen atoms in total. The van der Waals surface area contributed by atoms with Gasteiger partial charge in [0.1, 0.15) is 11.6 Å². The van der Waals surface area contributed by atoms with Gasteiger partial charge in [-0.3, -0.25) is 0 Å². The molecule has 0 spiro atoms. The molecular weight excluding hydrogens is 175 g/mol. The van der Waals surface area contributed by atoms with Crippen LogP contribution in [-0.2, 0) is 0 Å². The van der Waals surface area contributed by atoms with Gasteiger partial charge in [0, 0.05) is 17.4 Å². The Morgan fingerprint density at radius 1 is 1.50 bits per heavy atom. The molecule has 0 saturated heterocycles. The van der Waals surface area contributed by atoms with Crippen molar-refractivity contribution in [3.05, 3.63) is 35.7 Å². The molecule has 3 heteroatoms. The molecule has 0 amide bonds. The minimum absolute atomic E-state index is 0.0481. The second kappa shape index (κ2) is 4.16. The van der Waals surface area contributed by atoms with Crippen LogP contribution in [-0.4, -0.2) is 10.9 Å². The molecule has 1 N–H and O–H groups in total. The van der Waals surface area contributed by atoms with Gasteiger partial charge in [0.05, 0.1) is 0 Å². The van der Waals surface area contributed by atoms with E-state index in [9.17, 15) is 9.50 Å². The Bertz CT molecular complexity index is 297. The van der Waals surface area contributed by atoms with E-state index in [0.29, 0.717) is 11.3 Å². The van der Waals surface area contributed by atoms with E-state index in [1.165, 1.54) is 12.1 Å². The topological polar surface area (TPSA) is 20.2 Å². The van der Waals surface area contributed by atoms with E-state index in [2.05, 4.69) is 12.6 Å². The van der Waals surface area contributed by atoms with Crippen LogP contribution in [0.5, 0.6) is 5.75 Å². The lowest BCUT2D eigenvalue weighted by atomic mass is 10.2. The maximum absolute atomic E-state index is 12.5. The average Bonchev–Trinajstić information content (AvgIpc) is 2.03. The van der Waals surface area contributed by atoms with Gasteiger partial charge in [-0.1, -0.05) is 12.2 Å². The number of rotatable bonds is 2. The maximum Gasteiger partial charge on any atom is 0.126 e. The molecule has 0 fully saturated rings. The monoisotopic (exact) mass is 184 g/mol. The third-order valence-electron chi connectivity index (χ3n) is 1.40. The van der Waals surface area contributed by atoms with Crippen LogP contribution in [0.4, 0.5) is 4.39 Å². The zero-order chi connectivity index (χ0) is 8.97. The van der Waals surface area contributed by atoms with Gasteiger partial charge in [-0.05, 0) is 12.1 Å². The van der Waals surface area contributed by atoms with Crippen LogP contribution >= 0.6 is 12.6 Å². The molecule has 0 bridgehead atoms. The molecule has 0 aliphatic rings. The summed E-state index contributed by atoms with van der Waals surface area (Å²) in [4.78, 5) is 0. The molecular formula is C9H9FOS. The molecule has 1 aromatic carbocycles. The number of phenols is 1. The normalized spacial score (nSPS) is 10.8.